The summed E-state index contributed by atoms with van der Waals surface area (Å²) in [5, 5.41) is 9.33. The maximum absolute atomic E-state index is 12.9. The summed E-state index contributed by atoms with van der Waals surface area (Å²) in [7, 11) is 0. The van der Waals surface area contributed by atoms with Crippen molar-refractivity contribution in [3.05, 3.63) is 23.9 Å². The Labute approximate surface area is 166 Å². The molecule has 10 heteroatoms. The quantitative estimate of drug-likeness (QED) is 0.680. The molecule has 0 spiro atoms. The first kappa shape index (κ1) is 20.7. The molecule has 10 nitrogen and oxygen atoms in total. The number of anilines is 1. The van der Waals surface area contributed by atoms with E-state index in [4.69, 9.17) is 14.2 Å². The van der Waals surface area contributed by atoms with Crippen LogP contribution in [0.15, 0.2) is 18.2 Å². The molecule has 1 amide bonds. The topological polar surface area (TPSA) is 132 Å². The highest BCUT2D eigenvalue weighted by Gasteiger charge is 2.45. The van der Waals surface area contributed by atoms with Gasteiger partial charge in [-0.25, -0.2) is 9.78 Å². The van der Waals surface area contributed by atoms with Crippen molar-refractivity contribution in [2.45, 2.75) is 50.9 Å². The molecule has 2 unspecified atom stereocenters. The van der Waals surface area contributed by atoms with Crippen LogP contribution in [0.1, 0.15) is 38.8 Å². The number of hydrogen-bond donors (Lipinski definition) is 1. The van der Waals surface area contributed by atoms with E-state index in [-0.39, 0.29) is 19.0 Å². The lowest BCUT2D eigenvalue weighted by Crippen LogP contribution is -2.56. The van der Waals surface area contributed by atoms with Crippen molar-refractivity contribution in [1.29, 1.82) is 0 Å². The van der Waals surface area contributed by atoms with Crippen molar-refractivity contribution in [2.75, 3.05) is 18.1 Å². The van der Waals surface area contributed by atoms with Crippen molar-refractivity contribution in [2.24, 2.45) is 0 Å². The second-order valence-corrected chi connectivity index (χ2v) is 6.97. The maximum atomic E-state index is 12.9. The Morgan fingerprint density at radius 1 is 1.28 bits per heavy atom. The highest BCUT2D eigenvalue weighted by Crippen LogP contribution is 2.44. The van der Waals surface area contributed by atoms with Gasteiger partial charge < -0.3 is 19.3 Å². The third-order valence-electron chi connectivity index (χ3n) is 4.91. The molecular weight excluding hydrogens is 384 g/mol. The second-order valence-electron chi connectivity index (χ2n) is 6.97. The van der Waals surface area contributed by atoms with Crippen LogP contribution in [0.25, 0.3) is 0 Å². The predicted octanol–water partition coefficient (Wildman–Crippen LogP) is 0.772. The highest BCUT2D eigenvalue weighted by atomic mass is 16.6. The lowest BCUT2D eigenvalue weighted by atomic mass is 9.77. The summed E-state index contributed by atoms with van der Waals surface area (Å²) in [5.74, 6) is -3.12. The fraction of sp³-hybridized carbons (Fsp3) is 0.526. The van der Waals surface area contributed by atoms with Crippen LogP contribution in [-0.4, -0.2) is 59.3 Å². The number of esters is 2. The van der Waals surface area contributed by atoms with E-state index in [1.807, 2.05) is 0 Å². The average molecular weight is 406 g/mol. The van der Waals surface area contributed by atoms with Gasteiger partial charge in [-0.1, -0.05) is 6.07 Å². The third-order valence-corrected chi connectivity index (χ3v) is 4.91. The van der Waals surface area contributed by atoms with Crippen LogP contribution in [0.5, 0.6) is 0 Å². The maximum Gasteiger partial charge on any atom is 0.348 e. The van der Waals surface area contributed by atoms with Gasteiger partial charge >= 0.3 is 17.9 Å². The van der Waals surface area contributed by atoms with Gasteiger partial charge in [0.2, 0.25) is 6.10 Å². The number of aromatic nitrogens is 1. The zero-order valence-electron chi connectivity index (χ0n) is 16.1. The van der Waals surface area contributed by atoms with E-state index in [9.17, 15) is 24.3 Å². The number of morpholine rings is 1. The summed E-state index contributed by atoms with van der Waals surface area (Å²) in [4.78, 5) is 52.9. The van der Waals surface area contributed by atoms with Gasteiger partial charge in [-0.3, -0.25) is 19.3 Å². The summed E-state index contributed by atoms with van der Waals surface area (Å²) in [6.45, 7) is 2.58. The van der Waals surface area contributed by atoms with Crippen molar-refractivity contribution >= 4 is 29.6 Å². The summed E-state index contributed by atoms with van der Waals surface area (Å²) >= 11 is 0. The van der Waals surface area contributed by atoms with Crippen molar-refractivity contribution in [3.8, 4) is 0 Å². The zero-order valence-corrected chi connectivity index (χ0v) is 16.1. The summed E-state index contributed by atoms with van der Waals surface area (Å²) in [6, 6.07) is 5.03. The summed E-state index contributed by atoms with van der Waals surface area (Å²) in [6.07, 6.45) is -1.08. The van der Waals surface area contributed by atoms with Crippen molar-refractivity contribution in [1.82, 2.24) is 4.98 Å². The molecule has 1 aliphatic heterocycles. The number of rotatable bonds is 6. The van der Waals surface area contributed by atoms with Crippen molar-refractivity contribution < 1.29 is 38.5 Å². The zero-order chi connectivity index (χ0) is 21.2. The van der Waals surface area contributed by atoms with E-state index in [0.29, 0.717) is 18.5 Å². The van der Waals surface area contributed by atoms with Gasteiger partial charge in [0.15, 0.2) is 11.7 Å². The normalized spacial score (nSPS) is 21.7. The molecule has 2 fully saturated rings. The monoisotopic (exact) mass is 406 g/mol. The van der Waals surface area contributed by atoms with Gasteiger partial charge in [0.1, 0.15) is 5.82 Å². The Kier molecular flexibility index (Phi) is 5.83. The van der Waals surface area contributed by atoms with Crippen LogP contribution in [0.2, 0.25) is 0 Å². The third kappa shape index (κ3) is 4.21. The van der Waals surface area contributed by atoms with E-state index >= 15 is 0 Å². The number of ether oxygens (including phenoxy) is 3. The molecule has 2 heterocycles. The van der Waals surface area contributed by atoms with Crippen LogP contribution in [-0.2, 0) is 39.0 Å². The van der Waals surface area contributed by atoms with Gasteiger partial charge in [-0.2, -0.15) is 0 Å². The van der Waals surface area contributed by atoms with Gasteiger partial charge in [0.05, 0.1) is 18.8 Å². The Hall–Kier alpha value is -3.01. The molecule has 2 atom stereocenters. The molecule has 0 bridgehead atoms. The standard InChI is InChI=1S/C19H22N2O8/c1-11(22)28-16(18(25)26)15-17(24)21(9-10-27-15)14-6-3-5-13(20-14)19(7-4-8-19)29-12(2)23/h3,5-6,15-16H,4,7-10H2,1-2H3,(H,25,26). The predicted molar refractivity (Wildman–Crippen MR) is 96.8 cm³/mol. The molecule has 29 heavy (non-hydrogen) atoms. The molecule has 1 aliphatic carbocycles. The molecular formula is C19H22N2O8. The first-order valence-electron chi connectivity index (χ1n) is 9.24. The van der Waals surface area contributed by atoms with Crippen LogP contribution >= 0.6 is 0 Å². The Morgan fingerprint density at radius 3 is 2.55 bits per heavy atom. The van der Waals surface area contributed by atoms with E-state index in [2.05, 4.69) is 4.98 Å². The van der Waals surface area contributed by atoms with Crippen molar-refractivity contribution in [3.63, 3.8) is 0 Å². The highest BCUT2D eigenvalue weighted by molar-refractivity contribution is 6.00. The molecule has 2 aliphatic rings. The minimum Gasteiger partial charge on any atom is -0.478 e. The van der Waals surface area contributed by atoms with E-state index in [0.717, 1.165) is 13.3 Å². The van der Waals surface area contributed by atoms with E-state index in [1.165, 1.54) is 11.8 Å². The van der Waals surface area contributed by atoms with Gasteiger partial charge in [0, 0.05) is 13.8 Å². The molecule has 1 aromatic rings. The molecule has 0 radical (unpaired) electrons. The largest absolute Gasteiger partial charge is 0.478 e. The molecule has 1 saturated heterocycles. The molecule has 0 aromatic carbocycles. The minimum absolute atomic E-state index is 0.0441. The van der Waals surface area contributed by atoms with Crippen LogP contribution in [0.4, 0.5) is 5.82 Å². The lowest BCUT2D eigenvalue weighted by molar-refractivity contribution is -0.177. The number of hydrogen-bond acceptors (Lipinski definition) is 8. The number of carbonyl (C=O) groups excluding carboxylic acids is 3. The Balaban J connectivity index is 1.87. The second kappa shape index (κ2) is 8.16. The number of aliphatic carboxylic acids is 1. The number of nitrogens with zero attached hydrogens (tertiary/aromatic N) is 2. The Morgan fingerprint density at radius 2 is 2.00 bits per heavy atom. The molecule has 1 N–H and O–H groups in total. The van der Waals surface area contributed by atoms with E-state index in [1.54, 1.807) is 18.2 Å². The number of amides is 1. The molecule has 3 rings (SSSR count). The first-order valence-corrected chi connectivity index (χ1v) is 9.24. The summed E-state index contributed by atoms with van der Waals surface area (Å²) < 4.78 is 15.6. The fourth-order valence-electron chi connectivity index (χ4n) is 3.48. The molecule has 1 saturated carbocycles. The number of pyridine rings is 1. The average Bonchev–Trinajstić information content (AvgIpc) is 2.63. The number of carboxylic acid groups (broad SMARTS) is 1. The smallest absolute Gasteiger partial charge is 0.348 e. The number of carbonyl (C=O) groups is 4. The molecule has 156 valence electrons. The summed E-state index contributed by atoms with van der Waals surface area (Å²) in [5.41, 5.74) is -0.278. The van der Waals surface area contributed by atoms with Crippen LogP contribution in [0.3, 0.4) is 0 Å². The van der Waals surface area contributed by atoms with Gasteiger partial charge in [-0.05, 0) is 31.4 Å². The van der Waals surface area contributed by atoms with Crippen LogP contribution < -0.4 is 4.90 Å². The SMILES string of the molecule is CC(=O)OC(C(=O)O)C1OCCN(c2cccc(C3(OC(C)=O)CCC3)n2)C1=O. The molecule has 1 aromatic heterocycles. The fourth-order valence-corrected chi connectivity index (χ4v) is 3.48. The van der Waals surface area contributed by atoms with Gasteiger partial charge in [-0.15, -0.1) is 0 Å². The minimum atomic E-state index is -1.76. The first-order chi connectivity index (χ1) is 13.7. The van der Waals surface area contributed by atoms with Gasteiger partial charge in [0.25, 0.3) is 5.91 Å². The van der Waals surface area contributed by atoms with Crippen LogP contribution in [0, 0.1) is 0 Å². The number of carboxylic acids is 1. The Bertz CT molecular complexity index is 835. The van der Waals surface area contributed by atoms with E-state index < -0.39 is 41.6 Å². The lowest BCUT2D eigenvalue weighted by Gasteiger charge is -2.40.